The highest BCUT2D eigenvalue weighted by molar-refractivity contribution is 5.65. The maximum Gasteiger partial charge on any atom is 0.294 e. The number of ether oxygens (including phenoxy) is 1. The highest BCUT2D eigenvalue weighted by Crippen LogP contribution is 2.35. The third kappa shape index (κ3) is 1.78. The van der Waals surface area contributed by atoms with Gasteiger partial charge in [-0.2, -0.15) is 5.26 Å². The van der Waals surface area contributed by atoms with Gasteiger partial charge in [0.15, 0.2) is 0 Å². The van der Waals surface area contributed by atoms with Crippen LogP contribution in [0.2, 0.25) is 0 Å². The summed E-state index contributed by atoms with van der Waals surface area (Å²) in [5, 5.41) is 19.3. The van der Waals surface area contributed by atoms with Gasteiger partial charge in [0, 0.05) is 17.7 Å². The van der Waals surface area contributed by atoms with Crippen molar-refractivity contribution < 1.29 is 18.4 Å². The van der Waals surface area contributed by atoms with Gasteiger partial charge in [-0.15, -0.1) is 0 Å². The van der Waals surface area contributed by atoms with Crippen LogP contribution < -0.4 is 4.74 Å². The molecule has 0 N–H and O–H groups in total. The van der Waals surface area contributed by atoms with Crippen LogP contribution in [0.5, 0.6) is 5.75 Å². The molecule has 0 fully saturated rings. The third-order valence-corrected chi connectivity index (χ3v) is 2.49. The van der Waals surface area contributed by atoms with Gasteiger partial charge in [0.1, 0.15) is 11.8 Å². The van der Waals surface area contributed by atoms with Crippen molar-refractivity contribution in [3.63, 3.8) is 0 Å². The molecular weight excluding hydrogens is 246 g/mol. The highest BCUT2D eigenvalue weighted by atomic mass is 19.3. The van der Waals surface area contributed by atoms with Gasteiger partial charge < -0.3 is 4.74 Å². The predicted molar refractivity (Wildman–Crippen MR) is 57.1 cm³/mol. The van der Waals surface area contributed by atoms with E-state index < -0.39 is 16.9 Å². The number of fused-ring (bicyclic) bond motifs is 1. The minimum atomic E-state index is -3.01. The van der Waals surface area contributed by atoms with E-state index in [2.05, 4.69) is 0 Å². The second-order valence-electron chi connectivity index (χ2n) is 3.62. The monoisotopic (exact) mass is 252 g/mol. The van der Waals surface area contributed by atoms with E-state index in [1.54, 1.807) is 0 Å². The molecule has 5 nitrogen and oxygen atoms in total. The molecule has 18 heavy (non-hydrogen) atoms. The Morgan fingerprint density at radius 2 is 2.22 bits per heavy atom. The highest BCUT2D eigenvalue weighted by Gasteiger charge is 2.43. The zero-order valence-electron chi connectivity index (χ0n) is 8.84. The molecule has 1 aromatic carbocycles. The van der Waals surface area contributed by atoms with Crippen LogP contribution in [-0.4, -0.2) is 16.9 Å². The molecule has 1 aliphatic heterocycles. The van der Waals surface area contributed by atoms with E-state index in [0.717, 1.165) is 12.1 Å². The lowest BCUT2D eigenvalue weighted by Gasteiger charge is -2.27. The number of non-ortho nitro benzene ring substituents is 1. The maximum absolute atomic E-state index is 12.8. The average molecular weight is 252 g/mol. The molecule has 1 heterocycles. The van der Waals surface area contributed by atoms with Gasteiger partial charge in [0.25, 0.3) is 17.7 Å². The first-order chi connectivity index (χ1) is 8.48. The van der Waals surface area contributed by atoms with E-state index in [-0.39, 0.29) is 17.0 Å². The molecule has 92 valence electrons. The third-order valence-electron chi connectivity index (χ3n) is 2.49. The van der Waals surface area contributed by atoms with Gasteiger partial charge >= 0.3 is 0 Å². The van der Waals surface area contributed by atoms with Crippen LogP contribution in [0.15, 0.2) is 24.3 Å². The number of nitro benzene ring substituents is 1. The first-order valence-electron chi connectivity index (χ1n) is 4.84. The van der Waals surface area contributed by atoms with E-state index in [4.69, 9.17) is 10.00 Å². The van der Waals surface area contributed by atoms with E-state index in [1.807, 2.05) is 0 Å². The van der Waals surface area contributed by atoms with Crippen molar-refractivity contribution in [1.29, 1.82) is 5.26 Å². The smallest absolute Gasteiger partial charge is 0.294 e. The molecule has 1 aromatic rings. The fourth-order valence-corrected chi connectivity index (χ4v) is 1.53. The van der Waals surface area contributed by atoms with Crippen LogP contribution in [0.4, 0.5) is 14.5 Å². The SMILES string of the molecule is N#CC1(C(F)F)C=Cc2cc([N+](=O)[O-])ccc2O1. The van der Waals surface area contributed by atoms with Crippen molar-refractivity contribution in [2.75, 3.05) is 0 Å². The van der Waals surface area contributed by atoms with Crippen LogP contribution in [0.1, 0.15) is 5.56 Å². The minimum Gasteiger partial charge on any atom is -0.462 e. The number of benzene rings is 1. The summed E-state index contributed by atoms with van der Waals surface area (Å²) in [7, 11) is 0. The van der Waals surface area contributed by atoms with Gasteiger partial charge in [0.2, 0.25) is 0 Å². The molecule has 0 aliphatic carbocycles. The average Bonchev–Trinajstić information content (AvgIpc) is 2.37. The van der Waals surface area contributed by atoms with Crippen LogP contribution >= 0.6 is 0 Å². The Balaban J connectivity index is 2.45. The van der Waals surface area contributed by atoms with Crippen molar-refractivity contribution in [3.05, 3.63) is 40.0 Å². The van der Waals surface area contributed by atoms with Crippen molar-refractivity contribution >= 4 is 11.8 Å². The molecule has 7 heteroatoms. The fraction of sp³-hybridized carbons (Fsp3) is 0.182. The molecular formula is C11H6F2N2O3. The summed E-state index contributed by atoms with van der Waals surface area (Å²) in [6.07, 6.45) is -0.882. The molecule has 1 unspecified atom stereocenters. The van der Waals surface area contributed by atoms with Gasteiger partial charge in [-0.25, -0.2) is 8.78 Å². The fourth-order valence-electron chi connectivity index (χ4n) is 1.53. The Labute approximate surface area is 100 Å². The zero-order valence-corrected chi connectivity index (χ0v) is 8.84. The Morgan fingerprint density at radius 1 is 1.50 bits per heavy atom. The first kappa shape index (κ1) is 12.0. The van der Waals surface area contributed by atoms with E-state index >= 15 is 0 Å². The molecule has 1 atom stereocenters. The van der Waals surface area contributed by atoms with Gasteiger partial charge in [-0.05, 0) is 18.2 Å². The Bertz CT molecular complexity index is 580. The Morgan fingerprint density at radius 3 is 2.78 bits per heavy atom. The van der Waals surface area contributed by atoms with Crippen LogP contribution in [-0.2, 0) is 0 Å². The predicted octanol–water partition coefficient (Wildman–Crippen LogP) is 2.53. The number of nitriles is 1. The zero-order chi connectivity index (χ0) is 13.3. The van der Waals surface area contributed by atoms with Crippen LogP contribution in [0.25, 0.3) is 6.08 Å². The van der Waals surface area contributed by atoms with Crippen molar-refractivity contribution in [3.8, 4) is 11.8 Å². The van der Waals surface area contributed by atoms with Crippen LogP contribution in [0.3, 0.4) is 0 Å². The molecule has 0 spiro atoms. The summed E-state index contributed by atoms with van der Waals surface area (Å²) in [4.78, 5) is 9.94. The van der Waals surface area contributed by atoms with Crippen LogP contribution in [0, 0.1) is 21.4 Å². The Kier molecular flexibility index (Phi) is 2.71. The molecule has 0 saturated carbocycles. The summed E-state index contributed by atoms with van der Waals surface area (Å²) in [5.74, 6) is 0.0185. The summed E-state index contributed by atoms with van der Waals surface area (Å²) >= 11 is 0. The number of nitrogens with zero attached hydrogens (tertiary/aromatic N) is 2. The molecule has 0 saturated heterocycles. The van der Waals surface area contributed by atoms with E-state index in [9.17, 15) is 18.9 Å². The van der Waals surface area contributed by atoms with Gasteiger partial charge in [-0.3, -0.25) is 10.1 Å². The van der Waals surface area contributed by atoms with E-state index in [0.29, 0.717) is 0 Å². The number of nitro groups is 1. The molecule has 2 rings (SSSR count). The summed E-state index contributed by atoms with van der Waals surface area (Å²) in [6.45, 7) is 0. The standard InChI is InChI=1S/C11H6F2N2O3/c12-10(13)11(6-14)4-3-7-5-8(15(16)17)1-2-9(7)18-11/h1-5,10H. The molecule has 0 bridgehead atoms. The largest absolute Gasteiger partial charge is 0.462 e. The number of rotatable bonds is 2. The molecule has 0 radical (unpaired) electrons. The second kappa shape index (κ2) is 4.07. The van der Waals surface area contributed by atoms with Crippen molar-refractivity contribution in [2.45, 2.75) is 12.0 Å². The summed E-state index contributed by atoms with van der Waals surface area (Å²) < 4.78 is 30.5. The summed E-state index contributed by atoms with van der Waals surface area (Å²) in [6, 6.07) is 4.93. The quantitative estimate of drug-likeness (QED) is 0.598. The lowest BCUT2D eigenvalue weighted by molar-refractivity contribution is -0.384. The molecule has 1 aliphatic rings. The van der Waals surface area contributed by atoms with Crippen molar-refractivity contribution in [2.24, 2.45) is 0 Å². The normalized spacial score (nSPS) is 21.0. The number of hydrogen-bond donors (Lipinski definition) is 0. The Hall–Kier alpha value is -2.49. The lowest BCUT2D eigenvalue weighted by Crippen LogP contribution is -2.41. The lowest BCUT2D eigenvalue weighted by atomic mass is 10.00. The van der Waals surface area contributed by atoms with Crippen molar-refractivity contribution in [1.82, 2.24) is 0 Å². The second-order valence-corrected chi connectivity index (χ2v) is 3.62. The number of hydrogen-bond acceptors (Lipinski definition) is 4. The number of alkyl halides is 2. The first-order valence-corrected chi connectivity index (χ1v) is 4.84. The van der Waals surface area contributed by atoms with Gasteiger partial charge in [-0.1, -0.05) is 0 Å². The summed E-state index contributed by atoms with van der Waals surface area (Å²) in [5.41, 5.74) is -2.22. The van der Waals surface area contributed by atoms with E-state index in [1.165, 1.54) is 24.3 Å². The topological polar surface area (TPSA) is 76.2 Å². The van der Waals surface area contributed by atoms with Gasteiger partial charge in [0.05, 0.1) is 4.92 Å². The minimum absolute atomic E-state index is 0.0185. The maximum atomic E-state index is 12.8. The molecule has 0 aromatic heterocycles. The molecule has 0 amide bonds. The number of halogens is 2.